The molecule has 1 aromatic rings. The van der Waals surface area contributed by atoms with Crippen molar-refractivity contribution in [3.05, 3.63) is 11.6 Å². The van der Waals surface area contributed by atoms with Crippen molar-refractivity contribution in [3.63, 3.8) is 0 Å². The summed E-state index contributed by atoms with van der Waals surface area (Å²) in [6.45, 7) is 0.871. The second-order valence-electron chi connectivity index (χ2n) is 2.65. The lowest BCUT2D eigenvalue weighted by atomic mass is 10.5. The summed E-state index contributed by atoms with van der Waals surface area (Å²) >= 11 is 2.99. The van der Waals surface area contributed by atoms with Gasteiger partial charge in [-0.15, -0.1) is 11.3 Å². The monoisotopic (exact) mass is 246 g/mol. The number of aromatic nitrogens is 1. The predicted octanol–water partition coefficient (Wildman–Crippen LogP) is 1.52. The first-order valence-corrected chi connectivity index (χ1v) is 6.42. The van der Waals surface area contributed by atoms with Gasteiger partial charge >= 0.3 is 6.03 Å². The number of carbonyl (C=O) groups excluding carboxylic acids is 1. The van der Waals surface area contributed by atoms with Crippen molar-refractivity contribution < 1.29 is 4.79 Å². The molecular weight excluding hydrogens is 232 g/mol. The van der Waals surface area contributed by atoms with Crippen LogP contribution in [0.1, 0.15) is 6.42 Å². The maximum Gasteiger partial charge on any atom is 0.324 e. The van der Waals surface area contributed by atoms with E-state index in [1.165, 1.54) is 11.9 Å². The van der Waals surface area contributed by atoms with Gasteiger partial charge in [0.1, 0.15) is 0 Å². The highest BCUT2D eigenvalue weighted by Gasteiger charge is 1.96. The van der Waals surface area contributed by atoms with E-state index in [0.29, 0.717) is 0 Å². The number of nitrogens with one attached hydrogen (secondary N) is 3. The molecule has 0 bridgehead atoms. The van der Waals surface area contributed by atoms with Crippen LogP contribution in [-0.2, 0) is 0 Å². The average molecular weight is 246 g/mol. The largest absolute Gasteiger partial charge is 0.361 e. The number of urea groups is 1. The highest BCUT2D eigenvalue weighted by atomic mass is 32.2. The normalized spacial score (nSPS) is 9.67. The maximum absolute atomic E-state index is 10.8. The average Bonchev–Trinajstić information content (AvgIpc) is 2.75. The Kier molecular flexibility index (Phi) is 5.94. The number of anilines is 1. The highest BCUT2D eigenvalue weighted by Crippen LogP contribution is 2.10. The van der Waals surface area contributed by atoms with Gasteiger partial charge in [-0.05, 0) is 18.4 Å². The Labute approximate surface area is 97.2 Å². The van der Waals surface area contributed by atoms with Gasteiger partial charge < -0.3 is 10.6 Å². The molecule has 5 nitrogen and oxygen atoms in total. The van der Waals surface area contributed by atoms with E-state index < -0.39 is 0 Å². The van der Waals surface area contributed by atoms with Crippen LogP contribution in [0.5, 0.6) is 0 Å². The first kappa shape index (κ1) is 12.1. The van der Waals surface area contributed by atoms with E-state index in [-0.39, 0.29) is 6.03 Å². The van der Waals surface area contributed by atoms with Gasteiger partial charge in [0.05, 0.1) is 0 Å². The van der Waals surface area contributed by atoms with Gasteiger partial charge in [0.25, 0.3) is 0 Å². The molecular formula is C8H14N4OS2. The van der Waals surface area contributed by atoms with Crippen molar-refractivity contribution in [2.24, 2.45) is 0 Å². The number of thiazole rings is 1. The summed E-state index contributed by atoms with van der Waals surface area (Å²) in [6, 6.07) is -0.159. The van der Waals surface area contributed by atoms with Crippen LogP contribution in [0, 0.1) is 0 Å². The molecule has 15 heavy (non-hydrogen) atoms. The number of rotatable bonds is 6. The molecule has 0 aromatic carbocycles. The fourth-order valence-corrected chi connectivity index (χ4v) is 2.00. The number of carbonyl (C=O) groups is 1. The Hall–Kier alpha value is -0.950. The van der Waals surface area contributed by atoms with E-state index in [9.17, 15) is 4.79 Å². The first-order valence-electron chi connectivity index (χ1n) is 4.56. The smallest absolute Gasteiger partial charge is 0.324 e. The number of amides is 2. The molecule has 0 fully saturated rings. The number of hydrogen-bond acceptors (Lipinski definition) is 5. The Morgan fingerprint density at radius 2 is 2.53 bits per heavy atom. The van der Waals surface area contributed by atoms with Gasteiger partial charge in [-0.1, -0.05) is 0 Å². The van der Waals surface area contributed by atoms with Crippen LogP contribution in [0.3, 0.4) is 0 Å². The van der Waals surface area contributed by atoms with Gasteiger partial charge in [0.2, 0.25) is 0 Å². The van der Waals surface area contributed by atoms with Crippen molar-refractivity contribution >= 4 is 34.4 Å². The van der Waals surface area contributed by atoms with Gasteiger partial charge in [0.15, 0.2) is 5.13 Å². The van der Waals surface area contributed by atoms with Crippen LogP contribution in [0.4, 0.5) is 9.93 Å². The molecule has 0 saturated heterocycles. The van der Waals surface area contributed by atoms with E-state index in [2.05, 4.69) is 20.3 Å². The zero-order valence-corrected chi connectivity index (χ0v) is 10.1. The van der Waals surface area contributed by atoms with Crippen LogP contribution in [0.15, 0.2) is 11.6 Å². The van der Waals surface area contributed by atoms with Crippen LogP contribution in [0.25, 0.3) is 0 Å². The summed E-state index contributed by atoms with van der Waals surface area (Å²) < 4.78 is 2.65. The second kappa shape index (κ2) is 7.36. The zero-order valence-electron chi connectivity index (χ0n) is 8.45. The summed E-state index contributed by atoms with van der Waals surface area (Å²) in [4.78, 5) is 14.9. The Morgan fingerprint density at radius 1 is 1.67 bits per heavy atom. The summed E-state index contributed by atoms with van der Waals surface area (Å²) in [5.41, 5.74) is 0. The van der Waals surface area contributed by atoms with Gasteiger partial charge in [-0.2, -0.15) is 0 Å². The first-order chi connectivity index (χ1) is 7.33. The van der Waals surface area contributed by atoms with Crippen molar-refractivity contribution in [3.8, 4) is 0 Å². The highest BCUT2D eigenvalue weighted by molar-refractivity contribution is 7.97. The SMILES string of the molecule is CNC(=O)NSCCCNc1nccs1. The third-order valence-electron chi connectivity index (χ3n) is 1.52. The van der Waals surface area contributed by atoms with E-state index in [1.807, 2.05) is 5.38 Å². The molecule has 0 aliphatic heterocycles. The lowest BCUT2D eigenvalue weighted by Crippen LogP contribution is -2.27. The second-order valence-corrected chi connectivity index (χ2v) is 4.44. The molecule has 7 heteroatoms. The maximum atomic E-state index is 10.8. The molecule has 0 aliphatic rings. The Morgan fingerprint density at radius 3 is 3.20 bits per heavy atom. The number of hydrogen-bond donors (Lipinski definition) is 3. The molecule has 0 aliphatic carbocycles. The summed E-state index contributed by atoms with van der Waals surface area (Å²) in [6.07, 6.45) is 2.75. The van der Waals surface area contributed by atoms with Crippen molar-refractivity contribution in [1.29, 1.82) is 0 Å². The van der Waals surface area contributed by atoms with Crippen LogP contribution in [-0.4, -0.2) is 30.4 Å². The molecule has 84 valence electrons. The van der Waals surface area contributed by atoms with E-state index in [1.54, 1.807) is 24.6 Å². The van der Waals surface area contributed by atoms with Crippen LogP contribution in [0.2, 0.25) is 0 Å². The minimum absolute atomic E-state index is 0.159. The molecule has 0 atom stereocenters. The Bertz CT molecular complexity index is 278. The van der Waals surface area contributed by atoms with Gasteiger partial charge in [-0.3, -0.25) is 4.72 Å². The van der Waals surface area contributed by atoms with E-state index in [0.717, 1.165) is 23.8 Å². The predicted molar refractivity (Wildman–Crippen MR) is 65.3 cm³/mol. The molecule has 1 heterocycles. The Balaban J connectivity index is 1.91. The van der Waals surface area contributed by atoms with Crippen molar-refractivity contribution in [2.75, 3.05) is 24.7 Å². The van der Waals surface area contributed by atoms with Crippen molar-refractivity contribution in [2.45, 2.75) is 6.42 Å². The van der Waals surface area contributed by atoms with Crippen LogP contribution >= 0.6 is 23.3 Å². The van der Waals surface area contributed by atoms with E-state index in [4.69, 9.17) is 0 Å². The zero-order chi connectivity index (χ0) is 10.9. The van der Waals surface area contributed by atoms with Gasteiger partial charge in [-0.25, -0.2) is 9.78 Å². The molecule has 3 N–H and O–H groups in total. The molecule has 0 spiro atoms. The minimum Gasteiger partial charge on any atom is -0.361 e. The van der Waals surface area contributed by atoms with Crippen LogP contribution < -0.4 is 15.4 Å². The standard InChI is InChI=1S/C8H14N4OS2/c1-9-7(13)12-15-5-2-3-10-8-11-4-6-14-8/h4,6H,2-3,5H2,1H3,(H,10,11)(H2,9,12,13). The quantitative estimate of drug-likeness (QED) is 0.526. The summed E-state index contributed by atoms with van der Waals surface area (Å²) in [5, 5.41) is 8.55. The third kappa shape index (κ3) is 5.48. The summed E-state index contributed by atoms with van der Waals surface area (Å²) in [5.74, 6) is 0.881. The fraction of sp³-hybridized carbons (Fsp3) is 0.500. The fourth-order valence-electron chi connectivity index (χ4n) is 0.818. The molecule has 0 radical (unpaired) electrons. The topological polar surface area (TPSA) is 66.1 Å². The molecule has 0 saturated carbocycles. The molecule has 1 aromatic heterocycles. The van der Waals surface area contributed by atoms with Gasteiger partial charge in [0, 0.05) is 30.9 Å². The molecule has 2 amide bonds. The lowest BCUT2D eigenvalue weighted by molar-refractivity contribution is 0.248. The third-order valence-corrected chi connectivity index (χ3v) is 3.08. The molecule has 0 unspecified atom stereocenters. The minimum atomic E-state index is -0.159. The number of nitrogens with zero attached hydrogens (tertiary/aromatic N) is 1. The molecule has 1 rings (SSSR count). The lowest BCUT2D eigenvalue weighted by Gasteiger charge is -2.03. The van der Waals surface area contributed by atoms with E-state index >= 15 is 0 Å². The summed E-state index contributed by atoms with van der Waals surface area (Å²) in [7, 11) is 1.60. The van der Waals surface area contributed by atoms with Crippen molar-refractivity contribution in [1.82, 2.24) is 15.0 Å².